The zero-order valence-electron chi connectivity index (χ0n) is 18.3. The minimum Gasteiger partial charge on any atom is -0.472 e. The van der Waals surface area contributed by atoms with Gasteiger partial charge in [0.15, 0.2) is 5.78 Å². The van der Waals surface area contributed by atoms with E-state index in [0.29, 0.717) is 0 Å². The Morgan fingerprint density at radius 2 is 1.87 bits per heavy atom. The molecule has 31 heavy (non-hydrogen) atoms. The topological polar surface area (TPSA) is 82.8 Å². The highest BCUT2D eigenvalue weighted by Gasteiger charge is 2.63. The van der Waals surface area contributed by atoms with Crippen LogP contribution in [0.25, 0.3) is 0 Å². The number of allylic oxidation sites excluding steroid dienone is 2. The van der Waals surface area contributed by atoms with Gasteiger partial charge in [0.2, 0.25) is 0 Å². The van der Waals surface area contributed by atoms with Gasteiger partial charge in [-0.3, -0.25) is 9.59 Å². The molecule has 1 aromatic rings. The van der Waals surface area contributed by atoms with E-state index in [0.717, 1.165) is 24.0 Å². The lowest BCUT2D eigenvalue weighted by Crippen LogP contribution is -2.49. The van der Waals surface area contributed by atoms with Crippen LogP contribution >= 0.6 is 0 Å². The van der Waals surface area contributed by atoms with E-state index in [1.54, 1.807) is 18.6 Å². The molecule has 5 rings (SSSR count). The molecule has 6 nitrogen and oxygen atoms in total. The summed E-state index contributed by atoms with van der Waals surface area (Å²) < 4.78 is 16.8. The first-order valence-corrected chi connectivity index (χ1v) is 11.0. The van der Waals surface area contributed by atoms with Crippen molar-refractivity contribution in [1.82, 2.24) is 0 Å². The minimum atomic E-state index is -0.801. The molecule has 0 N–H and O–H groups in total. The van der Waals surface area contributed by atoms with Gasteiger partial charge in [-0.05, 0) is 55.7 Å². The molecular formula is C25H28O6. The number of rotatable bonds is 1. The summed E-state index contributed by atoms with van der Waals surface area (Å²) in [6.07, 6.45) is 9.73. The molecule has 6 heteroatoms. The van der Waals surface area contributed by atoms with Crippen molar-refractivity contribution in [2.75, 3.05) is 0 Å². The van der Waals surface area contributed by atoms with E-state index in [-0.39, 0.29) is 30.0 Å². The molecule has 4 aliphatic rings. The highest BCUT2D eigenvalue weighted by atomic mass is 16.6. The van der Waals surface area contributed by atoms with E-state index in [4.69, 9.17) is 13.9 Å². The Labute approximate surface area is 181 Å². The maximum atomic E-state index is 13.2. The number of ketones is 1. The van der Waals surface area contributed by atoms with Gasteiger partial charge >= 0.3 is 11.9 Å². The summed E-state index contributed by atoms with van der Waals surface area (Å²) in [4.78, 5) is 38.6. The van der Waals surface area contributed by atoms with Crippen LogP contribution in [0.4, 0.5) is 0 Å². The normalized spacial score (nSPS) is 41.2. The fourth-order valence-corrected chi connectivity index (χ4v) is 6.83. The number of hydrogen-bond donors (Lipinski definition) is 0. The van der Waals surface area contributed by atoms with Crippen LogP contribution in [0.5, 0.6) is 0 Å². The first kappa shape index (κ1) is 20.3. The molecule has 164 valence electrons. The average molecular weight is 424 g/mol. The SMILES string of the molecule is CC1(C)OC(=O)C=C[C@]2(C)[C@@H]3CC[C@]4(C)[C@@H](C(=O)O[C@H]4c4ccoc4)C3=CC(=O)C[C@@H]12. The van der Waals surface area contributed by atoms with Crippen molar-refractivity contribution in [3.63, 3.8) is 0 Å². The van der Waals surface area contributed by atoms with E-state index in [2.05, 4.69) is 13.8 Å². The molecule has 3 heterocycles. The molecular weight excluding hydrogens is 396 g/mol. The zero-order valence-corrected chi connectivity index (χ0v) is 18.3. The number of ether oxygens (including phenoxy) is 2. The zero-order chi connectivity index (χ0) is 22.2. The van der Waals surface area contributed by atoms with Crippen LogP contribution in [0.15, 0.2) is 46.8 Å². The highest BCUT2D eigenvalue weighted by molar-refractivity contribution is 5.93. The number of carbonyl (C=O) groups excluding carboxylic acids is 3. The van der Waals surface area contributed by atoms with Crippen LogP contribution in [0.1, 0.15) is 58.6 Å². The Kier molecular flexibility index (Phi) is 4.21. The second kappa shape index (κ2) is 6.44. The van der Waals surface area contributed by atoms with E-state index < -0.39 is 34.4 Å². The Morgan fingerprint density at radius 1 is 1.10 bits per heavy atom. The van der Waals surface area contributed by atoms with Crippen LogP contribution in [-0.2, 0) is 23.9 Å². The van der Waals surface area contributed by atoms with Gasteiger partial charge in [0.1, 0.15) is 11.7 Å². The standard InChI is InChI=1S/C25H28O6/c1-23(2)18-12-15(26)11-16-17(24(18,3)9-6-19(27)31-23)5-8-25(4)20(16)22(28)30-21(25)14-7-10-29-13-14/h6-7,9-11,13,17-18,20-21H,5,8,12H2,1-4H3/t17-,18+,20-,21+,24-,25-/m1/s1. The van der Waals surface area contributed by atoms with Gasteiger partial charge in [-0.25, -0.2) is 4.79 Å². The van der Waals surface area contributed by atoms with Crippen molar-refractivity contribution in [2.45, 2.75) is 58.7 Å². The number of hydrogen-bond acceptors (Lipinski definition) is 6. The van der Waals surface area contributed by atoms with Crippen molar-refractivity contribution in [3.8, 4) is 0 Å². The summed E-state index contributed by atoms with van der Waals surface area (Å²) in [5.74, 6) is -1.45. The van der Waals surface area contributed by atoms with Crippen LogP contribution in [-0.4, -0.2) is 23.3 Å². The Morgan fingerprint density at radius 3 is 2.58 bits per heavy atom. The van der Waals surface area contributed by atoms with E-state index >= 15 is 0 Å². The van der Waals surface area contributed by atoms with Crippen LogP contribution in [0.3, 0.4) is 0 Å². The lowest BCUT2D eigenvalue weighted by atomic mass is 9.52. The Bertz CT molecular complexity index is 1010. The van der Waals surface area contributed by atoms with Crippen molar-refractivity contribution in [2.24, 2.45) is 28.6 Å². The van der Waals surface area contributed by atoms with Crippen LogP contribution < -0.4 is 0 Å². The molecule has 0 unspecified atom stereocenters. The Balaban J connectivity index is 1.63. The van der Waals surface area contributed by atoms with Gasteiger partial charge < -0.3 is 13.9 Å². The minimum absolute atomic E-state index is 0.0306. The summed E-state index contributed by atoms with van der Waals surface area (Å²) in [7, 11) is 0. The number of carbonyl (C=O) groups is 3. The third kappa shape index (κ3) is 2.80. The predicted molar refractivity (Wildman–Crippen MR) is 110 cm³/mol. The van der Waals surface area contributed by atoms with Crippen LogP contribution in [0.2, 0.25) is 0 Å². The third-order valence-corrected chi connectivity index (χ3v) is 8.30. The van der Waals surface area contributed by atoms with Gasteiger partial charge in [0.25, 0.3) is 0 Å². The smallest absolute Gasteiger partial charge is 0.330 e. The molecule has 1 aromatic heterocycles. The molecule has 0 radical (unpaired) electrons. The molecule has 2 fully saturated rings. The second-order valence-electron chi connectivity index (χ2n) is 10.5. The summed E-state index contributed by atoms with van der Waals surface area (Å²) >= 11 is 0. The molecule has 0 amide bonds. The Hall–Kier alpha value is -2.63. The number of furan rings is 1. The molecule has 6 atom stereocenters. The molecule has 0 aromatic carbocycles. The molecule has 2 aliphatic carbocycles. The third-order valence-electron chi connectivity index (χ3n) is 8.30. The largest absolute Gasteiger partial charge is 0.472 e. The molecule has 2 aliphatic heterocycles. The van der Waals surface area contributed by atoms with Crippen molar-refractivity contribution in [3.05, 3.63) is 48.0 Å². The monoisotopic (exact) mass is 424 g/mol. The van der Waals surface area contributed by atoms with Crippen molar-refractivity contribution >= 4 is 17.7 Å². The van der Waals surface area contributed by atoms with Gasteiger partial charge in [-0.2, -0.15) is 0 Å². The van der Waals surface area contributed by atoms with E-state index in [1.165, 1.54) is 6.08 Å². The maximum absolute atomic E-state index is 13.2. The fraction of sp³-hybridized carbons (Fsp3) is 0.560. The molecule has 1 saturated carbocycles. The number of fused-ring (bicyclic) bond motifs is 5. The van der Waals surface area contributed by atoms with Gasteiger partial charge in [0, 0.05) is 29.4 Å². The summed E-state index contributed by atoms with van der Waals surface area (Å²) in [5, 5.41) is 0. The second-order valence-corrected chi connectivity index (χ2v) is 10.5. The predicted octanol–water partition coefficient (Wildman–Crippen LogP) is 4.32. The average Bonchev–Trinajstić information content (AvgIpc) is 3.25. The van der Waals surface area contributed by atoms with Gasteiger partial charge in [-0.15, -0.1) is 0 Å². The molecule has 0 bridgehead atoms. The highest BCUT2D eigenvalue weighted by Crippen LogP contribution is 2.64. The number of esters is 2. The summed E-state index contributed by atoms with van der Waals surface area (Å²) in [6.45, 7) is 7.94. The van der Waals surface area contributed by atoms with Gasteiger partial charge in [-0.1, -0.05) is 19.9 Å². The molecule has 1 saturated heterocycles. The summed E-state index contributed by atoms with van der Waals surface area (Å²) in [5.41, 5.74) is -0.0747. The first-order valence-electron chi connectivity index (χ1n) is 11.0. The van der Waals surface area contributed by atoms with Crippen molar-refractivity contribution in [1.29, 1.82) is 0 Å². The quantitative estimate of drug-likeness (QED) is 0.624. The van der Waals surface area contributed by atoms with Crippen LogP contribution in [0, 0.1) is 28.6 Å². The lowest BCUT2D eigenvalue weighted by Gasteiger charge is -2.50. The number of cyclic esters (lactones) is 2. The summed E-state index contributed by atoms with van der Waals surface area (Å²) in [6, 6.07) is 1.83. The van der Waals surface area contributed by atoms with E-state index in [9.17, 15) is 14.4 Å². The van der Waals surface area contributed by atoms with E-state index in [1.807, 2.05) is 26.0 Å². The first-order chi connectivity index (χ1) is 14.6. The van der Waals surface area contributed by atoms with Crippen molar-refractivity contribution < 1.29 is 28.3 Å². The maximum Gasteiger partial charge on any atom is 0.330 e. The van der Waals surface area contributed by atoms with Gasteiger partial charge in [0.05, 0.1) is 18.4 Å². The fourth-order valence-electron chi connectivity index (χ4n) is 6.83. The lowest BCUT2D eigenvalue weighted by molar-refractivity contribution is -0.160. The molecule has 0 spiro atoms.